The van der Waals surface area contributed by atoms with E-state index in [0.717, 1.165) is 30.3 Å². The van der Waals surface area contributed by atoms with Gasteiger partial charge in [0.1, 0.15) is 29.4 Å². The Hall–Kier alpha value is -2.57. The van der Waals surface area contributed by atoms with Crippen LogP contribution in [0.4, 0.5) is 22.0 Å². The quantitative estimate of drug-likeness (QED) is 0.557. The summed E-state index contributed by atoms with van der Waals surface area (Å²) in [4.78, 5) is 14.5. The Kier molecular flexibility index (Phi) is 6.32. The second kappa shape index (κ2) is 9.07. The normalized spacial score (nSPS) is 24.7. The van der Waals surface area contributed by atoms with Crippen molar-refractivity contribution in [2.75, 3.05) is 19.2 Å². The molecular formula is C24H23F5N2O4S. The van der Waals surface area contributed by atoms with Crippen LogP contribution in [0.15, 0.2) is 30.3 Å². The zero-order valence-electron chi connectivity index (χ0n) is 18.9. The van der Waals surface area contributed by atoms with Gasteiger partial charge in [0.2, 0.25) is 16.0 Å². The molecule has 36 heavy (non-hydrogen) atoms. The molecule has 2 aliphatic heterocycles. The van der Waals surface area contributed by atoms with Gasteiger partial charge >= 0.3 is 0 Å². The smallest absolute Gasteiger partial charge is 0.252 e. The van der Waals surface area contributed by atoms with E-state index in [1.165, 1.54) is 4.90 Å². The molecule has 1 aliphatic carbocycles. The molecule has 3 fully saturated rings. The summed E-state index contributed by atoms with van der Waals surface area (Å²) < 4.78 is 103. The number of benzene rings is 2. The van der Waals surface area contributed by atoms with Crippen LogP contribution in [-0.2, 0) is 26.0 Å². The van der Waals surface area contributed by atoms with Crippen molar-refractivity contribution in [3.05, 3.63) is 59.2 Å². The molecule has 0 aromatic heterocycles. The molecule has 5 rings (SSSR count). The number of carbonyl (C=O) groups excluding carboxylic acids is 1. The van der Waals surface area contributed by atoms with Crippen LogP contribution in [0.2, 0.25) is 0 Å². The maximum atomic E-state index is 15.6. The third-order valence-corrected chi connectivity index (χ3v) is 8.19. The number of sulfonamides is 1. The van der Waals surface area contributed by atoms with Crippen LogP contribution in [-0.4, -0.2) is 56.6 Å². The fourth-order valence-electron chi connectivity index (χ4n) is 5.21. The molecular weight excluding hydrogens is 507 g/mol. The van der Waals surface area contributed by atoms with Crippen molar-refractivity contribution in [2.24, 2.45) is 5.41 Å². The molecule has 2 heterocycles. The third-order valence-electron chi connectivity index (χ3n) is 7.29. The number of likely N-dealkylation sites (tertiary alicyclic amines) is 1. The minimum Gasteiger partial charge on any atom is -0.368 e. The third kappa shape index (κ3) is 4.50. The minimum atomic E-state index is -4.34. The predicted molar refractivity (Wildman–Crippen MR) is 119 cm³/mol. The van der Waals surface area contributed by atoms with Gasteiger partial charge in [0.25, 0.3) is 5.91 Å². The van der Waals surface area contributed by atoms with Crippen molar-refractivity contribution in [2.45, 2.75) is 43.9 Å². The van der Waals surface area contributed by atoms with E-state index < -0.39 is 79.9 Å². The Bertz CT molecular complexity index is 1310. The molecule has 3 aliphatic rings. The Labute approximate surface area is 204 Å². The Morgan fingerprint density at radius 2 is 1.78 bits per heavy atom. The maximum absolute atomic E-state index is 15.6. The fraction of sp³-hybridized carbons (Fsp3) is 0.458. The highest BCUT2D eigenvalue weighted by atomic mass is 32.2. The van der Waals surface area contributed by atoms with Gasteiger partial charge in [0.05, 0.1) is 12.6 Å². The van der Waals surface area contributed by atoms with Gasteiger partial charge in [-0.2, -0.15) is 0 Å². The molecule has 1 amide bonds. The summed E-state index contributed by atoms with van der Waals surface area (Å²) in [5, 5.41) is 0. The molecule has 1 spiro atoms. The number of halogens is 5. The van der Waals surface area contributed by atoms with Crippen molar-refractivity contribution in [3.63, 3.8) is 0 Å². The first kappa shape index (κ1) is 25.1. The van der Waals surface area contributed by atoms with Crippen LogP contribution in [0.5, 0.6) is 0 Å². The lowest BCUT2D eigenvalue weighted by molar-refractivity contribution is -0.157. The van der Waals surface area contributed by atoms with Gasteiger partial charge in [0.15, 0.2) is 0 Å². The van der Waals surface area contributed by atoms with Crippen LogP contribution in [0.25, 0.3) is 11.1 Å². The number of ether oxygens (including phenoxy) is 1. The van der Waals surface area contributed by atoms with E-state index in [9.17, 15) is 30.8 Å². The molecule has 3 atom stereocenters. The molecule has 1 saturated carbocycles. The van der Waals surface area contributed by atoms with Crippen molar-refractivity contribution >= 4 is 15.9 Å². The molecule has 2 saturated heterocycles. The largest absolute Gasteiger partial charge is 0.368 e. The molecule has 2 aromatic rings. The van der Waals surface area contributed by atoms with Crippen molar-refractivity contribution in [1.29, 1.82) is 0 Å². The van der Waals surface area contributed by atoms with E-state index in [1.54, 1.807) is 0 Å². The summed E-state index contributed by atoms with van der Waals surface area (Å²) >= 11 is 0. The van der Waals surface area contributed by atoms with Gasteiger partial charge in [-0.1, -0.05) is 0 Å². The highest BCUT2D eigenvalue weighted by molar-refractivity contribution is 7.89. The lowest BCUT2D eigenvalue weighted by atomic mass is 9.91. The first-order valence-electron chi connectivity index (χ1n) is 11.4. The monoisotopic (exact) mass is 530 g/mol. The molecule has 0 unspecified atom stereocenters. The zero-order chi connectivity index (χ0) is 25.8. The summed E-state index contributed by atoms with van der Waals surface area (Å²) in [5.74, 6) is -4.17. The van der Waals surface area contributed by atoms with E-state index in [4.69, 9.17) is 4.74 Å². The molecule has 194 valence electrons. The second-order valence-corrected chi connectivity index (χ2v) is 11.3. The average Bonchev–Trinajstić information content (AvgIpc) is 3.51. The van der Waals surface area contributed by atoms with Crippen LogP contribution in [0.3, 0.4) is 0 Å². The van der Waals surface area contributed by atoms with E-state index in [0.29, 0.717) is 25.9 Å². The number of nitrogens with zero attached hydrogens (tertiary/aromatic N) is 1. The summed E-state index contributed by atoms with van der Waals surface area (Å²) in [6.07, 6.45) is 0.516. The summed E-state index contributed by atoms with van der Waals surface area (Å²) in [5.41, 5.74) is -1.91. The van der Waals surface area contributed by atoms with E-state index >= 15 is 4.39 Å². The van der Waals surface area contributed by atoms with Crippen LogP contribution in [0, 0.1) is 28.7 Å². The van der Waals surface area contributed by atoms with Crippen molar-refractivity contribution in [3.8, 4) is 11.1 Å². The maximum Gasteiger partial charge on any atom is 0.252 e. The standard InChI is InChI=1S/C24H23F5N2O4S/c25-12-36(33,34)30-22-19(31(11-24(22)4-5-24)23(32)20-3-6-35-20)8-13-7-15(27)10-17(21(13)29)16-9-14(26)1-2-18(16)28/h1-2,7,9-10,19-20,22,30H,3-6,8,11-12H2/t19-,20+,22+/m0/s1. The number of amides is 1. The van der Waals surface area contributed by atoms with Crippen molar-refractivity contribution in [1.82, 2.24) is 9.62 Å². The topological polar surface area (TPSA) is 75.7 Å². The highest BCUT2D eigenvalue weighted by Gasteiger charge is 2.62. The van der Waals surface area contributed by atoms with Gasteiger partial charge in [-0.15, -0.1) is 0 Å². The van der Waals surface area contributed by atoms with Crippen molar-refractivity contribution < 1.29 is 39.9 Å². The number of hydrogen-bond donors (Lipinski definition) is 1. The number of hydrogen-bond acceptors (Lipinski definition) is 4. The predicted octanol–water partition coefficient (Wildman–Crippen LogP) is 3.45. The Morgan fingerprint density at radius 1 is 1.08 bits per heavy atom. The Morgan fingerprint density at radius 3 is 2.39 bits per heavy atom. The number of alkyl halides is 1. The second-order valence-electron chi connectivity index (χ2n) is 9.62. The highest BCUT2D eigenvalue weighted by Crippen LogP contribution is 2.56. The summed E-state index contributed by atoms with van der Waals surface area (Å²) in [6, 6.07) is 0.392. The van der Waals surface area contributed by atoms with Crippen LogP contribution >= 0.6 is 0 Å². The zero-order valence-corrected chi connectivity index (χ0v) is 19.8. The molecule has 6 nitrogen and oxygen atoms in total. The van der Waals surface area contributed by atoms with Gasteiger partial charge < -0.3 is 9.64 Å². The van der Waals surface area contributed by atoms with Gasteiger partial charge in [0, 0.05) is 35.5 Å². The fourth-order valence-corrected chi connectivity index (χ4v) is 6.06. The van der Waals surface area contributed by atoms with E-state index in [2.05, 4.69) is 4.72 Å². The molecule has 2 aromatic carbocycles. The molecule has 12 heteroatoms. The molecule has 0 bridgehead atoms. The lowest BCUT2D eigenvalue weighted by Gasteiger charge is -2.34. The summed E-state index contributed by atoms with van der Waals surface area (Å²) in [7, 11) is -4.34. The number of rotatable bonds is 7. The van der Waals surface area contributed by atoms with Gasteiger partial charge in [-0.3, -0.25) is 4.79 Å². The van der Waals surface area contributed by atoms with E-state index in [-0.39, 0.29) is 18.5 Å². The Balaban J connectivity index is 1.55. The van der Waals surface area contributed by atoms with Gasteiger partial charge in [-0.05, 0) is 55.2 Å². The van der Waals surface area contributed by atoms with Gasteiger partial charge in [-0.25, -0.2) is 35.1 Å². The average molecular weight is 531 g/mol. The molecule has 1 N–H and O–H groups in total. The minimum absolute atomic E-state index is 0.151. The molecule has 0 radical (unpaired) electrons. The van der Waals surface area contributed by atoms with Crippen LogP contribution in [0.1, 0.15) is 24.8 Å². The van der Waals surface area contributed by atoms with E-state index in [1.807, 2.05) is 0 Å². The number of nitrogens with one attached hydrogen (secondary N) is 1. The summed E-state index contributed by atoms with van der Waals surface area (Å²) in [6.45, 7) is 0.539. The number of carbonyl (C=O) groups is 1. The SMILES string of the molecule is O=C([C@H]1CCO1)N1CC2(CC2)[C@H](NS(=O)(=O)CF)[C@@H]1Cc1cc(F)cc(-c2cc(F)ccc2F)c1F. The van der Waals surface area contributed by atoms with Crippen LogP contribution < -0.4 is 4.72 Å². The first-order valence-corrected chi connectivity index (χ1v) is 13.1. The lowest BCUT2D eigenvalue weighted by Crippen LogP contribution is -2.53. The first-order chi connectivity index (χ1) is 17.0.